The van der Waals surface area contributed by atoms with Crippen molar-refractivity contribution >= 4 is 21.6 Å². The lowest BCUT2D eigenvalue weighted by Gasteiger charge is -2.24. The maximum absolute atomic E-state index is 3.85. The van der Waals surface area contributed by atoms with Gasteiger partial charge in [-0.25, -0.2) is 0 Å². The summed E-state index contributed by atoms with van der Waals surface area (Å²) in [4.78, 5) is 2.44. The molecule has 1 N–H and O–H groups in total. The van der Waals surface area contributed by atoms with Crippen LogP contribution >= 0.6 is 15.9 Å². The first kappa shape index (κ1) is 13.6. The summed E-state index contributed by atoms with van der Waals surface area (Å²) in [5, 5.41) is 3.27. The highest BCUT2D eigenvalue weighted by Gasteiger charge is 2.28. The first-order valence-corrected chi connectivity index (χ1v) is 7.31. The molecule has 1 saturated carbocycles. The lowest BCUT2D eigenvalue weighted by atomic mass is 10.1. The number of rotatable bonds is 6. The van der Waals surface area contributed by atoms with Crippen molar-refractivity contribution in [3.8, 4) is 0 Å². The molecule has 1 aliphatic rings. The molecule has 0 aromatic heterocycles. The zero-order valence-corrected chi connectivity index (χ0v) is 12.7. The van der Waals surface area contributed by atoms with Gasteiger partial charge in [0.05, 0.1) is 0 Å². The van der Waals surface area contributed by atoms with E-state index in [1.807, 2.05) is 13.1 Å². The molecular weight excluding hydrogens is 288 g/mol. The van der Waals surface area contributed by atoms with Crippen LogP contribution < -0.4 is 10.2 Å². The molecule has 1 unspecified atom stereocenters. The molecule has 0 bridgehead atoms. The second kappa shape index (κ2) is 5.89. The Hall–Kier alpha value is -0.800. The molecule has 0 heterocycles. The third kappa shape index (κ3) is 2.96. The van der Waals surface area contributed by atoms with Crippen LogP contribution in [0, 0.1) is 0 Å². The Morgan fingerprint density at radius 3 is 2.78 bits per heavy atom. The van der Waals surface area contributed by atoms with Gasteiger partial charge in [-0.3, -0.25) is 0 Å². The minimum absolute atomic E-state index is 0.363. The molecule has 0 radical (unpaired) electrons. The van der Waals surface area contributed by atoms with Gasteiger partial charge >= 0.3 is 0 Å². The highest BCUT2D eigenvalue weighted by atomic mass is 79.9. The Kier molecular flexibility index (Phi) is 4.46. The summed E-state index contributed by atoms with van der Waals surface area (Å²) >= 11 is 3.68. The number of nitrogens with zero attached hydrogens (tertiary/aromatic N) is 1. The van der Waals surface area contributed by atoms with E-state index in [1.54, 1.807) is 0 Å². The van der Waals surface area contributed by atoms with Crippen LogP contribution in [-0.2, 0) is 0 Å². The lowest BCUT2D eigenvalue weighted by Crippen LogP contribution is -2.25. The molecular formula is C15H21BrN2. The topological polar surface area (TPSA) is 15.3 Å². The van der Waals surface area contributed by atoms with Gasteiger partial charge in [0.2, 0.25) is 0 Å². The van der Waals surface area contributed by atoms with Gasteiger partial charge < -0.3 is 10.2 Å². The molecule has 0 spiro atoms. The molecule has 0 amide bonds. The molecule has 1 aromatic carbocycles. The number of hydrogen-bond acceptors (Lipinski definition) is 2. The van der Waals surface area contributed by atoms with Crippen molar-refractivity contribution in [2.45, 2.75) is 31.8 Å². The third-order valence-corrected chi connectivity index (χ3v) is 4.22. The summed E-state index contributed by atoms with van der Waals surface area (Å²) in [5.41, 5.74) is 2.59. The zero-order valence-electron chi connectivity index (χ0n) is 11.1. The number of anilines is 1. The lowest BCUT2D eigenvalue weighted by molar-refractivity contribution is 0.649. The number of hydrogen-bond donors (Lipinski definition) is 1. The SMILES string of the molecule is C=CCN(c1ccc(C(C)NC)c(Br)c1)C1CC1. The summed E-state index contributed by atoms with van der Waals surface area (Å²) in [5.74, 6) is 0. The Bertz CT molecular complexity index is 427. The molecule has 3 heteroatoms. The van der Waals surface area contributed by atoms with Crippen molar-refractivity contribution in [3.63, 3.8) is 0 Å². The molecule has 1 atom stereocenters. The molecule has 1 aromatic rings. The van der Waals surface area contributed by atoms with E-state index in [0.29, 0.717) is 12.1 Å². The van der Waals surface area contributed by atoms with E-state index in [4.69, 9.17) is 0 Å². The minimum atomic E-state index is 0.363. The van der Waals surface area contributed by atoms with Crippen LogP contribution in [0.4, 0.5) is 5.69 Å². The summed E-state index contributed by atoms with van der Waals surface area (Å²) in [7, 11) is 1.99. The molecule has 98 valence electrons. The van der Waals surface area contributed by atoms with Gasteiger partial charge in [0, 0.05) is 28.8 Å². The van der Waals surface area contributed by atoms with Crippen molar-refractivity contribution in [2.75, 3.05) is 18.5 Å². The number of nitrogens with one attached hydrogen (secondary N) is 1. The monoisotopic (exact) mass is 308 g/mol. The standard InChI is InChI=1S/C15H21BrN2/c1-4-9-18(12-5-6-12)13-7-8-14(11(2)17-3)15(16)10-13/h4,7-8,10-12,17H,1,5-6,9H2,2-3H3. The Balaban J connectivity index is 2.23. The van der Waals surface area contributed by atoms with Gasteiger partial charge in [0.1, 0.15) is 0 Å². The van der Waals surface area contributed by atoms with Crippen LogP contribution in [0.25, 0.3) is 0 Å². The molecule has 0 aliphatic heterocycles. The van der Waals surface area contributed by atoms with Gasteiger partial charge in [-0.2, -0.15) is 0 Å². The maximum Gasteiger partial charge on any atom is 0.0383 e. The number of benzene rings is 1. The van der Waals surface area contributed by atoms with Crippen LogP contribution in [0.2, 0.25) is 0 Å². The maximum atomic E-state index is 3.85. The fourth-order valence-electron chi connectivity index (χ4n) is 2.19. The Labute approximate surface area is 118 Å². The van der Waals surface area contributed by atoms with Gasteiger partial charge in [0.25, 0.3) is 0 Å². The highest BCUT2D eigenvalue weighted by Crippen LogP contribution is 2.34. The van der Waals surface area contributed by atoms with Crippen LogP contribution in [0.15, 0.2) is 35.3 Å². The second-order valence-electron chi connectivity index (χ2n) is 4.89. The van der Waals surface area contributed by atoms with E-state index in [9.17, 15) is 0 Å². The predicted octanol–water partition coefficient (Wildman–Crippen LogP) is 3.88. The molecule has 1 aliphatic carbocycles. The van der Waals surface area contributed by atoms with Gasteiger partial charge in [-0.05, 0) is 44.5 Å². The van der Waals surface area contributed by atoms with Crippen LogP contribution in [0.5, 0.6) is 0 Å². The van der Waals surface area contributed by atoms with E-state index < -0.39 is 0 Å². The quantitative estimate of drug-likeness (QED) is 0.802. The summed E-state index contributed by atoms with van der Waals surface area (Å²) < 4.78 is 1.18. The predicted molar refractivity (Wildman–Crippen MR) is 82.2 cm³/mol. The van der Waals surface area contributed by atoms with Crippen molar-refractivity contribution in [1.82, 2.24) is 5.32 Å². The summed E-state index contributed by atoms with van der Waals surface area (Å²) in [6, 6.07) is 7.73. The second-order valence-corrected chi connectivity index (χ2v) is 5.74. The minimum Gasteiger partial charge on any atom is -0.365 e. The van der Waals surface area contributed by atoms with E-state index in [-0.39, 0.29) is 0 Å². The molecule has 1 fully saturated rings. The largest absolute Gasteiger partial charge is 0.365 e. The van der Waals surface area contributed by atoms with Gasteiger partial charge in [0.15, 0.2) is 0 Å². The first-order chi connectivity index (χ1) is 8.67. The molecule has 18 heavy (non-hydrogen) atoms. The van der Waals surface area contributed by atoms with Crippen LogP contribution in [-0.4, -0.2) is 19.6 Å². The van der Waals surface area contributed by atoms with Crippen LogP contribution in [0.1, 0.15) is 31.4 Å². The molecule has 2 rings (SSSR count). The smallest absolute Gasteiger partial charge is 0.0383 e. The molecule has 2 nitrogen and oxygen atoms in total. The van der Waals surface area contributed by atoms with Crippen molar-refractivity contribution in [1.29, 1.82) is 0 Å². The average molecular weight is 309 g/mol. The van der Waals surface area contributed by atoms with Crippen molar-refractivity contribution in [2.24, 2.45) is 0 Å². The molecule has 0 saturated heterocycles. The first-order valence-electron chi connectivity index (χ1n) is 6.51. The third-order valence-electron chi connectivity index (χ3n) is 3.53. The summed E-state index contributed by atoms with van der Waals surface area (Å²) in [6.45, 7) is 6.95. The van der Waals surface area contributed by atoms with E-state index in [2.05, 4.69) is 57.8 Å². The van der Waals surface area contributed by atoms with E-state index in [1.165, 1.54) is 28.6 Å². The highest BCUT2D eigenvalue weighted by molar-refractivity contribution is 9.10. The van der Waals surface area contributed by atoms with Crippen LogP contribution in [0.3, 0.4) is 0 Å². The normalized spacial score (nSPS) is 16.4. The van der Waals surface area contributed by atoms with Crippen molar-refractivity contribution < 1.29 is 0 Å². The van der Waals surface area contributed by atoms with E-state index >= 15 is 0 Å². The fraction of sp³-hybridized carbons (Fsp3) is 0.467. The van der Waals surface area contributed by atoms with Crippen molar-refractivity contribution in [3.05, 3.63) is 40.9 Å². The Morgan fingerprint density at radius 2 is 2.28 bits per heavy atom. The fourth-order valence-corrected chi connectivity index (χ4v) is 2.90. The summed E-state index contributed by atoms with van der Waals surface area (Å²) in [6.07, 6.45) is 4.59. The zero-order chi connectivity index (χ0) is 13.1. The number of halogens is 1. The average Bonchev–Trinajstić information content (AvgIpc) is 3.19. The van der Waals surface area contributed by atoms with E-state index in [0.717, 1.165) is 6.54 Å². The Morgan fingerprint density at radius 1 is 1.56 bits per heavy atom. The van der Waals surface area contributed by atoms with Gasteiger partial charge in [-0.15, -0.1) is 6.58 Å². The van der Waals surface area contributed by atoms with Gasteiger partial charge in [-0.1, -0.05) is 28.1 Å².